The van der Waals surface area contributed by atoms with Crippen LogP contribution in [0.4, 0.5) is 11.4 Å². The average molecular weight is 474 g/mol. The Bertz CT molecular complexity index is 1470. The van der Waals surface area contributed by atoms with E-state index < -0.39 is 0 Å². The Balaban J connectivity index is 1.59. The first-order valence-electron chi connectivity index (χ1n) is 10.6. The van der Waals surface area contributed by atoms with Gasteiger partial charge in [0.05, 0.1) is 16.8 Å². The highest BCUT2D eigenvalue weighted by Gasteiger charge is 2.19. The van der Waals surface area contributed by atoms with Gasteiger partial charge in [0.25, 0.3) is 5.91 Å². The van der Waals surface area contributed by atoms with Crippen LogP contribution in [0.1, 0.15) is 22.8 Å². The lowest BCUT2D eigenvalue weighted by atomic mass is 10.0. The summed E-state index contributed by atoms with van der Waals surface area (Å²) in [5.74, 6) is 0.796. The van der Waals surface area contributed by atoms with E-state index in [9.17, 15) is 9.59 Å². The van der Waals surface area contributed by atoms with Crippen molar-refractivity contribution in [1.29, 1.82) is 0 Å². The summed E-state index contributed by atoms with van der Waals surface area (Å²) in [5, 5.41) is 6.89. The first-order valence-corrected chi connectivity index (χ1v) is 11.0. The van der Waals surface area contributed by atoms with E-state index in [1.165, 1.54) is 6.92 Å². The van der Waals surface area contributed by atoms with Gasteiger partial charge < -0.3 is 20.1 Å². The molecule has 0 saturated heterocycles. The number of rotatable bonds is 4. The zero-order valence-corrected chi connectivity index (χ0v) is 19.2. The molecule has 2 heterocycles. The van der Waals surface area contributed by atoms with Crippen molar-refractivity contribution in [2.24, 2.45) is 0 Å². The second kappa shape index (κ2) is 8.68. The molecule has 1 aliphatic heterocycles. The number of halogens is 1. The third kappa shape index (κ3) is 4.13. The number of nitrogens with one attached hydrogen (secondary N) is 2. The van der Waals surface area contributed by atoms with Crippen LogP contribution < -0.4 is 20.1 Å². The molecular weight excluding hydrogens is 454 g/mol. The van der Waals surface area contributed by atoms with E-state index in [1.54, 1.807) is 42.5 Å². The second-order valence-corrected chi connectivity index (χ2v) is 8.31. The average Bonchev–Trinajstić information content (AvgIpc) is 3.28. The Morgan fingerprint density at radius 2 is 1.71 bits per heavy atom. The molecule has 2 amide bonds. The number of carbonyl (C=O) groups excluding carboxylic acids is 2. The van der Waals surface area contributed by atoms with Gasteiger partial charge in [0.15, 0.2) is 11.5 Å². The summed E-state index contributed by atoms with van der Waals surface area (Å²) < 4.78 is 10.9. The molecule has 1 aromatic heterocycles. The van der Waals surface area contributed by atoms with Crippen LogP contribution in [0.5, 0.6) is 11.5 Å². The van der Waals surface area contributed by atoms with Crippen molar-refractivity contribution in [1.82, 2.24) is 4.98 Å². The van der Waals surface area contributed by atoms with Gasteiger partial charge in [-0.25, -0.2) is 4.98 Å². The summed E-state index contributed by atoms with van der Waals surface area (Å²) >= 11 is 6.37. The molecule has 3 aromatic carbocycles. The Morgan fingerprint density at radius 3 is 2.50 bits per heavy atom. The topological polar surface area (TPSA) is 89.6 Å². The van der Waals surface area contributed by atoms with E-state index in [2.05, 4.69) is 10.6 Å². The molecule has 2 N–H and O–H groups in total. The first kappa shape index (κ1) is 21.7. The molecule has 0 aliphatic carbocycles. The van der Waals surface area contributed by atoms with Crippen molar-refractivity contribution >= 4 is 45.7 Å². The number of ether oxygens (including phenoxy) is 2. The van der Waals surface area contributed by atoms with Gasteiger partial charge in [0.1, 0.15) is 0 Å². The minimum absolute atomic E-state index is 0.170. The minimum atomic E-state index is -0.309. The van der Waals surface area contributed by atoms with Crippen LogP contribution in [0.3, 0.4) is 0 Å². The molecule has 1 aliphatic rings. The fraction of sp³-hybridized carbons (Fsp3) is 0.115. The summed E-state index contributed by atoms with van der Waals surface area (Å²) in [6.07, 6.45) is 0. The molecule has 170 valence electrons. The number of nitrogens with zero attached hydrogens (tertiary/aromatic N) is 1. The lowest BCUT2D eigenvalue weighted by Crippen LogP contribution is -2.14. The maximum atomic E-state index is 13.4. The van der Waals surface area contributed by atoms with Gasteiger partial charge in [-0.15, -0.1) is 0 Å². The highest BCUT2D eigenvalue weighted by Crippen LogP contribution is 2.37. The first-order chi connectivity index (χ1) is 16.4. The maximum absolute atomic E-state index is 13.4. The molecule has 0 unspecified atom stereocenters. The van der Waals surface area contributed by atoms with Crippen molar-refractivity contribution in [3.63, 3.8) is 0 Å². The van der Waals surface area contributed by atoms with E-state index in [4.69, 9.17) is 26.1 Å². The quantitative estimate of drug-likeness (QED) is 0.391. The number of fused-ring (bicyclic) bond motifs is 2. The molecule has 0 spiro atoms. The second-order valence-electron chi connectivity index (χ2n) is 7.91. The fourth-order valence-corrected chi connectivity index (χ4v) is 4.02. The molecule has 34 heavy (non-hydrogen) atoms. The van der Waals surface area contributed by atoms with E-state index in [0.29, 0.717) is 50.1 Å². The Hall–Kier alpha value is -4.10. The molecule has 5 rings (SSSR count). The number of aromatic nitrogens is 1. The van der Waals surface area contributed by atoms with Crippen LogP contribution in [0, 0.1) is 6.92 Å². The number of anilines is 2. The highest BCUT2D eigenvalue weighted by atomic mass is 35.5. The number of hydrogen-bond acceptors (Lipinski definition) is 5. The molecule has 0 radical (unpaired) electrons. The molecule has 4 aromatic rings. The normalized spacial score (nSPS) is 12.0. The molecule has 7 nitrogen and oxygen atoms in total. The lowest BCUT2D eigenvalue weighted by Gasteiger charge is -2.13. The zero-order chi connectivity index (χ0) is 23.8. The van der Waals surface area contributed by atoms with Gasteiger partial charge in [0, 0.05) is 34.3 Å². The van der Waals surface area contributed by atoms with Gasteiger partial charge in [0.2, 0.25) is 12.7 Å². The monoisotopic (exact) mass is 473 g/mol. The molecule has 0 atom stereocenters. The number of hydrogen-bond donors (Lipinski definition) is 2. The number of benzene rings is 3. The van der Waals surface area contributed by atoms with Crippen LogP contribution in [0.15, 0.2) is 60.7 Å². The third-order valence-electron chi connectivity index (χ3n) is 5.52. The van der Waals surface area contributed by atoms with E-state index in [-0.39, 0.29) is 18.6 Å². The number of pyridine rings is 1. The van der Waals surface area contributed by atoms with Crippen molar-refractivity contribution < 1.29 is 19.1 Å². The van der Waals surface area contributed by atoms with Crippen LogP contribution in [-0.2, 0) is 4.79 Å². The SMILES string of the molecule is CC(=O)Nc1cccc(NC(=O)c2cc(-c3ccc4c(c3)OCO4)nc3c(C)c(Cl)ccc23)c1. The Morgan fingerprint density at radius 1 is 0.941 bits per heavy atom. The molecule has 0 bridgehead atoms. The summed E-state index contributed by atoms with van der Waals surface area (Å²) in [7, 11) is 0. The largest absolute Gasteiger partial charge is 0.454 e. The zero-order valence-electron chi connectivity index (χ0n) is 18.4. The summed E-state index contributed by atoms with van der Waals surface area (Å²) in [5.41, 5.74) is 4.40. The lowest BCUT2D eigenvalue weighted by molar-refractivity contribution is -0.114. The molecule has 0 fully saturated rings. The summed E-state index contributed by atoms with van der Waals surface area (Å²) in [6.45, 7) is 3.48. The van der Waals surface area contributed by atoms with E-state index in [1.807, 2.05) is 25.1 Å². The number of aryl methyl sites for hydroxylation is 1. The smallest absolute Gasteiger partial charge is 0.256 e. The van der Waals surface area contributed by atoms with Gasteiger partial charge in [-0.2, -0.15) is 0 Å². The van der Waals surface area contributed by atoms with Crippen LogP contribution in [0.2, 0.25) is 5.02 Å². The van der Waals surface area contributed by atoms with Gasteiger partial charge in [-0.3, -0.25) is 9.59 Å². The van der Waals surface area contributed by atoms with Gasteiger partial charge >= 0.3 is 0 Å². The maximum Gasteiger partial charge on any atom is 0.256 e. The van der Waals surface area contributed by atoms with Gasteiger partial charge in [-0.05, 0) is 61.0 Å². The predicted molar refractivity (Wildman–Crippen MR) is 132 cm³/mol. The predicted octanol–water partition coefficient (Wildman–Crippen LogP) is 5.80. The van der Waals surface area contributed by atoms with Crippen molar-refractivity contribution in [3.8, 4) is 22.8 Å². The summed E-state index contributed by atoms with van der Waals surface area (Å²) in [4.78, 5) is 29.6. The van der Waals surface area contributed by atoms with Crippen LogP contribution in [0.25, 0.3) is 22.2 Å². The van der Waals surface area contributed by atoms with Gasteiger partial charge in [-0.1, -0.05) is 23.7 Å². The standard InChI is InChI=1S/C26H20ClN3O4/c1-14-21(27)8-7-19-20(26(32)29-18-5-3-4-17(11-18)28-15(2)31)12-22(30-25(14)19)16-6-9-23-24(10-16)34-13-33-23/h3-12H,13H2,1-2H3,(H,28,31)(H,29,32). The van der Waals surface area contributed by atoms with Crippen molar-refractivity contribution in [3.05, 3.63) is 76.8 Å². The van der Waals surface area contributed by atoms with E-state index in [0.717, 1.165) is 11.1 Å². The molecule has 8 heteroatoms. The number of amides is 2. The minimum Gasteiger partial charge on any atom is -0.454 e. The molecular formula is C26H20ClN3O4. The Labute approximate surface area is 200 Å². The number of carbonyl (C=O) groups is 2. The summed E-state index contributed by atoms with van der Waals surface area (Å²) in [6, 6.07) is 17.8. The van der Waals surface area contributed by atoms with Crippen molar-refractivity contribution in [2.75, 3.05) is 17.4 Å². The van der Waals surface area contributed by atoms with Crippen LogP contribution in [-0.4, -0.2) is 23.6 Å². The fourth-order valence-electron chi connectivity index (χ4n) is 3.87. The van der Waals surface area contributed by atoms with E-state index >= 15 is 0 Å². The third-order valence-corrected chi connectivity index (χ3v) is 5.93. The molecule has 0 saturated carbocycles. The highest BCUT2D eigenvalue weighted by molar-refractivity contribution is 6.32. The Kier molecular flexibility index (Phi) is 5.55. The van der Waals surface area contributed by atoms with Crippen molar-refractivity contribution in [2.45, 2.75) is 13.8 Å². The van der Waals surface area contributed by atoms with Crippen LogP contribution >= 0.6 is 11.6 Å².